The van der Waals surface area contributed by atoms with Gasteiger partial charge in [-0.3, -0.25) is 4.79 Å². The maximum atomic E-state index is 12.4. The molecule has 2 fully saturated rings. The molecule has 0 spiro atoms. The number of likely N-dealkylation sites (tertiary alicyclic amines) is 1. The summed E-state index contributed by atoms with van der Waals surface area (Å²) in [6.45, 7) is 2.31. The van der Waals surface area contributed by atoms with Gasteiger partial charge < -0.3 is 15.4 Å². The third-order valence-electron chi connectivity index (χ3n) is 4.30. The number of carbonyl (C=O) groups excluding carboxylic acids is 1. The highest BCUT2D eigenvalue weighted by Gasteiger charge is 2.36. The van der Waals surface area contributed by atoms with Gasteiger partial charge in [0.1, 0.15) is 0 Å². The SMILES string of the molecule is COC1CCCN(C(=O)[C@@H]2CCC[C@@H]2CN)C1. The number of hydrogen-bond donors (Lipinski definition) is 1. The van der Waals surface area contributed by atoms with Crippen molar-refractivity contribution in [3.8, 4) is 0 Å². The Morgan fingerprint density at radius 2 is 2.18 bits per heavy atom. The smallest absolute Gasteiger partial charge is 0.226 e. The lowest BCUT2D eigenvalue weighted by Crippen LogP contribution is -2.46. The van der Waals surface area contributed by atoms with Crippen LogP contribution in [0, 0.1) is 11.8 Å². The third-order valence-corrected chi connectivity index (χ3v) is 4.30. The first-order chi connectivity index (χ1) is 8.26. The van der Waals surface area contributed by atoms with Crippen LogP contribution in [0.2, 0.25) is 0 Å². The zero-order valence-corrected chi connectivity index (χ0v) is 10.7. The average molecular weight is 240 g/mol. The van der Waals surface area contributed by atoms with E-state index in [1.807, 2.05) is 4.90 Å². The fourth-order valence-electron chi connectivity index (χ4n) is 3.21. The van der Waals surface area contributed by atoms with E-state index in [1.165, 1.54) is 0 Å². The van der Waals surface area contributed by atoms with Crippen molar-refractivity contribution in [2.45, 2.75) is 38.2 Å². The van der Waals surface area contributed by atoms with E-state index in [-0.39, 0.29) is 12.0 Å². The number of ether oxygens (including phenoxy) is 1. The lowest BCUT2D eigenvalue weighted by molar-refractivity contribution is -0.140. The average Bonchev–Trinajstić information content (AvgIpc) is 2.86. The molecule has 1 amide bonds. The summed E-state index contributed by atoms with van der Waals surface area (Å²) in [6.07, 6.45) is 5.66. The molecule has 0 aromatic heterocycles. The molecule has 1 saturated heterocycles. The highest BCUT2D eigenvalue weighted by molar-refractivity contribution is 5.79. The number of methoxy groups -OCH3 is 1. The largest absolute Gasteiger partial charge is 0.380 e. The Morgan fingerprint density at radius 3 is 2.88 bits per heavy atom. The third kappa shape index (κ3) is 2.80. The summed E-state index contributed by atoms with van der Waals surface area (Å²) in [5.41, 5.74) is 5.75. The van der Waals surface area contributed by atoms with Crippen molar-refractivity contribution in [3.63, 3.8) is 0 Å². The molecule has 1 aliphatic heterocycles. The van der Waals surface area contributed by atoms with E-state index in [0.717, 1.165) is 45.2 Å². The van der Waals surface area contributed by atoms with Gasteiger partial charge in [0.05, 0.1) is 6.10 Å². The van der Waals surface area contributed by atoms with E-state index in [2.05, 4.69) is 0 Å². The second kappa shape index (κ2) is 5.83. The van der Waals surface area contributed by atoms with Crippen LogP contribution in [0.4, 0.5) is 0 Å². The van der Waals surface area contributed by atoms with E-state index in [1.54, 1.807) is 7.11 Å². The molecule has 3 atom stereocenters. The molecule has 2 aliphatic rings. The molecule has 1 unspecified atom stereocenters. The van der Waals surface area contributed by atoms with Crippen molar-refractivity contribution in [2.24, 2.45) is 17.6 Å². The highest BCUT2D eigenvalue weighted by atomic mass is 16.5. The first kappa shape index (κ1) is 12.8. The van der Waals surface area contributed by atoms with Gasteiger partial charge in [0.2, 0.25) is 5.91 Å². The van der Waals surface area contributed by atoms with Crippen LogP contribution in [0.25, 0.3) is 0 Å². The molecule has 4 nitrogen and oxygen atoms in total. The van der Waals surface area contributed by atoms with Gasteiger partial charge in [-0.2, -0.15) is 0 Å². The Morgan fingerprint density at radius 1 is 1.35 bits per heavy atom. The molecule has 1 aliphatic carbocycles. The van der Waals surface area contributed by atoms with Crippen LogP contribution in [0.5, 0.6) is 0 Å². The predicted molar refractivity (Wildman–Crippen MR) is 66.5 cm³/mol. The van der Waals surface area contributed by atoms with Gasteiger partial charge in [-0.05, 0) is 38.1 Å². The van der Waals surface area contributed by atoms with Crippen LogP contribution >= 0.6 is 0 Å². The molecule has 1 heterocycles. The summed E-state index contributed by atoms with van der Waals surface area (Å²) in [4.78, 5) is 14.4. The van der Waals surface area contributed by atoms with E-state index < -0.39 is 0 Å². The van der Waals surface area contributed by atoms with Crippen LogP contribution in [0.3, 0.4) is 0 Å². The molecule has 98 valence electrons. The molecule has 1 saturated carbocycles. The molecule has 0 radical (unpaired) electrons. The number of rotatable bonds is 3. The zero-order valence-electron chi connectivity index (χ0n) is 10.7. The van der Waals surface area contributed by atoms with Crippen molar-refractivity contribution in [3.05, 3.63) is 0 Å². The summed E-state index contributed by atoms with van der Waals surface area (Å²) in [5, 5.41) is 0. The van der Waals surface area contributed by atoms with Crippen LogP contribution in [0.15, 0.2) is 0 Å². The van der Waals surface area contributed by atoms with Gasteiger partial charge in [-0.25, -0.2) is 0 Å². The maximum absolute atomic E-state index is 12.4. The molecular weight excluding hydrogens is 216 g/mol. The minimum atomic E-state index is 0.176. The molecular formula is C13H24N2O2. The zero-order chi connectivity index (χ0) is 12.3. The van der Waals surface area contributed by atoms with Crippen LogP contribution in [-0.4, -0.2) is 43.7 Å². The quantitative estimate of drug-likeness (QED) is 0.800. The number of hydrogen-bond acceptors (Lipinski definition) is 3. The first-order valence-electron chi connectivity index (χ1n) is 6.78. The highest BCUT2D eigenvalue weighted by Crippen LogP contribution is 2.33. The minimum absolute atomic E-state index is 0.176. The Bertz CT molecular complexity index is 270. The summed E-state index contributed by atoms with van der Waals surface area (Å²) in [6, 6.07) is 0. The van der Waals surface area contributed by atoms with Gasteiger partial charge in [0, 0.05) is 26.1 Å². The van der Waals surface area contributed by atoms with Crippen molar-refractivity contribution < 1.29 is 9.53 Å². The van der Waals surface area contributed by atoms with E-state index in [0.29, 0.717) is 18.4 Å². The Labute approximate surface area is 103 Å². The summed E-state index contributed by atoms with van der Waals surface area (Å²) < 4.78 is 5.37. The fourth-order valence-corrected chi connectivity index (χ4v) is 3.21. The molecule has 17 heavy (non-hydrogen) atoms. The standard InChI is InChI=1S/C13H24N2O2/c1-17-11-5-3-7-15(9-11)13(16)12-6-2-4-10(12)8-14/h10-12H,2-9,14H2,1H3/t10-,11?,12-/m1/s1. The molecule has 0 aromatic rings. The predicted octanol–water partition coefficient (Wildman–Crippen LogP) is 0.999. The van der Waals surface area contributed by atoms with E-state index in [4.69, 9.17) is 10.5 Å². The molecule has 4 heteroatoms. The molecule has 0 aromatic carbocycles. The normalized spacial score (nSPS) is 34.0. The summed E-state index contributed by atoms with van der Waals surface area (Å²) in [5.74, 6) is 0.903. The number of amides is 1. The number of carbonyl (C=O) groups is 1. The van der Waals surface area contributed by atoms with Crippen molar-refractivity contribution in [1.82, 2.24) is 4.90 Å². The summed E-state index contributed by atoms with van der Waals surface area (Å²) >= 11 is 0. The minimum Gasteiger partial charge on any atom is -0.380 e. The second-order valence-corrected chi connectivity index (χ2v) is 5.32. The Kier molecular flexibility index (Phi) is 4.40. The molecule has 2 rings (SSSR count). The van der Waals surface area contributed by atoms with Gasteiger partial charge in [-0.15, -0.1) is 0 Å². The monoisotopic (exact) mass is 240 g/mol. The lowest BCUT2D eigenvalue weighted by atomic mass is 9.93. The topological polar surface area (TPSA) is 55.6 Å². The Balaban J connectivity index is 1.94. The van der Waals surface area contributed by atoms with Crippen molar-refractivity contribution in [1.29, 1.82) is 0 Å². The maximum Gasteiger partial charge on any atom is 0.226 e. The van der Waals surface area contributed by atoms with Crippen molar-refractivity contribution >= 4 is 5.91 Å². The fraction of sp³-hybridized carbons (Fsp3) is 0.923. The van der Waals surface area contributed by atoms with E-state index >= 15 is 0 Å². The molecule has 2 N–H and O–H groups in total. The van der Waals surface area contributed by atoms with Gasteiger partial charge in [-0.1, -0.05) is 6.42 Å². The van der Waals surface area contributed by atoms with Gasteiger partial charge in [0.25, 0.3) is 0 Å². The van der Waals surface area contributed by atoms with E-state index in [9.17, 15) is 4.79 Å². The van der Waals surface area contributed by atoms with Crippen LogP contribution < -0.4 is 5.73 Å². The van der Waals surface area contributed by atoms with Crippen molar-refractivity contribution in [2.75, 3.05) is 26.7 Å². The lowest BCUT2D eigenvalue weighted by Gasteiger charge is -2.34. The number of piperidine rings is 1. The van der Waals surface area contributed by atoms with Gasteiger partial charge >= 0.3 is 0 Å². The Hall–Kier alpha value is -0.610. The number of nitrogens with zero attached hydrogens (tertiary/aromatic N) is 1. The van der Waals surface area contributed by atoms with Gasteiger partial charge in [0.15, 0.2) is 0 Å². The second-order valence-electron chi connectivity index (χ2n) is 5.32. The first-order valence-corrected chi connectivity index (χ1v) is 6.78. The van der Waals surface area contributed by atoms with Crippen LogP contribution in [0.1, 0.15) is 32.1 Å². The van der Waals surface area contributed by atoms with Crippen LogP contribution in [-0.2, 0) is 9.53 Å². The number of nitrogens with two attached hydrogens (primary N) is 1. The molecule has 0 bridgehead atoms. The summed E-state index contributed by atoms with van der Waals surface area (Å²) in [7, 11) is 1.73.